The van der Waals surface area contributed by atoms with E-state index in [0.717, 1.165) is 63.4 Å². The molecular weight excluding hydrogens is 344 g/mol. The standard InChI is InChI=1S/C18H26N8O/c19-14-8-15(24-17(20)23-14)25-6-1-4-18(10-25)5-2-16(27)26(11-18)7-3-13-9-21-12-22-13/h8-9,12H,1-7,10-11H2,(H,21,22)(H4,19,20,23,24)/t18-/m1/s1. The van der Waals surface area contributed by atoms with Crippen molar-refractivity contribution < 1.29 is 4.79 Å². The lowest BCUT2D eigenvalue weighted by molar-refractivity contribution is -0.137. The molecule has 2 aliphatic heterocycles. The third kappa shape index (κ3) is 3.81. The summed E-state index contributed by atoms with van der Waals surface area (Å²) in [5.74, 6) is 1.61. The summed E-state index contributed by atoms with van der Waals surface area (Å²) in [6.45, 7) is 3.28. The number of aromatic amines is 1. The predicted molar refractivity (Wildman–Crippen MR) is 103 cm³/mol. The van der Waals surface area contributed by atoms with Gasteiger partial charge in [-0.15, -0.1) is 0 Å². The van der Waals surface area contributed by atoms with Gasteiger partial charge in [-0.05, 0) is 19.3 Å². The highest BCUT2D eigenvalue weighted by Gasteiger charge is 2.42. The number of carbonyl (C=O) groups excluding carboxylic acids is 1. The summed E-state index contributed by atoms with van der Waals surface area (Å²) in [4.78, 5) is 32.2. The quantitative estimate of drug-likeness (QED) is 0.726. The predicted octanol–water partition coefficient (Wildman–Crippen LogP) is 0.816. The van der Waals surface area contributed by atoms with E-state index in [1.165, 1.54) is 0 Å². The minimum Gasteiger partial charge on any atom is -0.383 e. The number of nitrogens with zero attached hydrogens (tertiary/aromatic N) is 5. The fraction of sp³-hybridized carbons (Fsp3) is 0.556. The van der Waals surface area contributed by atoms with Gasteiger partial charge in [0.1, 0.15) is 11.6 Å². The summed E-state index contributed by atoms with van der Waals surface area (Å²) < 4.78 is 0. The molecule has 5 N–H and O–H groups in total. The number of aromatic nitrogens is 4. The van der Waals surface area contributed by atoms with E-state index in [1.807, 2.05) is 11.1 Å². The van der Waals surface area contributed by atoms with Crippen LogP contribution in [0.15, 0.2) is 18.6 Å². The molecule has 9 heteroatoms. The average Bonchev–Trinajstić information content (AvgIpc) is 3.16. The van der Waals surface area contributed by atoms with Crippen molar-refractivity contribution in [3.05, 3.63) is 24.3 Å². The number of nitrogens with one attached hydrogen (secondary N) is 1. The molecule has 0 unspecified atom stereocenters. The van der Waals surface area contributed by atoms with Gasteiger partial charge in [-0.1, -0.05) is 0 Å². The number of nitrogens with two attached hydrogens (primary N) is 2. The Labute approximate surface area is 158 Å². The molecule has 144 valence electrons. The van der Waals surface area contributed by atoms with Crippen LogP contribution in [0.4, 0.5) is 17.6 Å². The number of H-pyrrole nitrogens is 1. The van der Waals surface area contributed by atoms with E-state index in [-0.39, 0.29) is 17.3 Å². The van der Waals surface area contributed by atoms with Gasteiger partial charge >= 0.3 is 0 Å². The highest BCUT2D eigenvalue weighted by molar-refractivity contribution is 5.77. The number of carbonyl (C=O) groups is 1. The lowest BCUT2D eigenvalue weighted by atomic mass is 9.73. The molecule has 2 aromatic rings. The molecule has 0 aliphatic carbocycles. The van der Waals surface area contributed by atoms with Crippen molar-refractivity contribution in [1.82, 2.24) is 24.8 Å². The molecule has 0 saturated carbocycles. The first kappa shape index (κ1) is 17.6. The Kier molecular flexibility index (Phi) is 4.59. The number of likely N-dealkylation sites (tertiary alicyclic amines) is 1. The number of hydrogen-bond donors (Lipinski definition) is 3. The second-order valence-electron chi connectivity index (χ2n) is 7.68. The minimum atomic E-state index is 0.0919. The van der Waals surface area contributed by atoms with Crippen molar-refractivity contribution in [3.8, 4) is 0 Å². The third-order valence-corrected chi connectivity index (χ3v) is 5.69. The number of piperidine rings is 2. The zero-order valence-corrected chi connectivity index (χ0v) is 15.4. The Morgan fingerprint density at radius 1 is 1.22 bits per heavy atom. The molecule has 2 fully saturated rings. The Hall–Kier alpha value is -2.84. The largest absolute Gasteiger partial charge is 0.383 e. The maximum atomic E-state index is 12.5. The highest BCUT2D eigenvalue weighted by atomic mass is 16.2. The van der Waals surface area contributed by atoms with E-state index in [1.54, 1.807) is 12.4 Å². The first-order chi connectivity index (χ1) is 13.0. The average molecular weight is 370 g/mol. The topological polar surface area (TPSA) is 130 Å². The number of anilines is 3. The molecule has 1 atom stereocenters. The molecule has 27 heavy (non-hydrogen) atoms. The molecule has 2 saturated heterocycles. The first-order valence-electron chi connectivity index (χ1n) is 9.43. The normalized spacial score (nSPS) is 23.2. The molecular formula is C18H26N8O. The summed E-state index contributed by atoms with van der Waals surface area (Å²) in [5, 5.41) is 0. The molecule has 9 nitrogen and oxygen atoms in total. The smallest absolute Gasteiger partial charge is 0.223 e. The summed E-state index contributed by atoms with van der Waals surface area (Å²) in [5.41, 5.74) is 12.8. The fourth-order valence-corrected chi connectivity index (χ4v) is 4.35. The summed E-state index contributed by atoms with van der Waals surface area (Å²) in [6.07, 6.45) is 7.98. The van der Waals surface area contributed by atoms with Crippen molar-refractivity contribution in [1.29, 1.82) is 0 Å². The minimum absolute atomic E-state index is 0.0919. The molecule has 0 aromatic carbocycles. The van der Waals surface area contributed by atoms with E-state index < -0.39 is 0 Å². The van der Waals surface area contributed by atoms with Gasteiger partial charge in [0.05, 0.1) is 6.33 Å². The Bertz CT molecular complexity index is 787. The van der Waals surface area contributed by atoms with Crippen molar-refractivity contribution in [3.63, 3.8) is 0 Å². The van der Waals surface area contributed by atoms with Crippen LogP contribution in [0, 0.1) is 5.41 Å². The molecule has 4 heterocycles. The number of amides is 1. The molecule has 0 bridgehead atoms. The number of nitrogen functional groups attached to an aromatic ring is 2. The molecule has 1 amide bonds. The van der Waals surface area contributed by atoms with Crippen LogP contribution in [0.5, 0.6) is 0 Å². The van der Waals surface area contributed by atoms with Crippen LogP contribution < -0.4 is 16.4 Å². The highest BCUT2D eigenvalue weighted by Crippen LogP contribution is 2.40. The van der Waals surface area contributed by atoms with Crippen molar-refractivity contribution in [2.75, 3.05) is 42.5 Å². The SMILES string of the molecule is Nc1cc(N2CCC[C@@]3(CCC(=O)N(CCc4cnc[nH]4)C3)C2)nc(N)n1. The zero-order valence-electron chi connectivity index (χ0n) is 15.4. The Balaban J connectivity index is 1.47. The van der Waals surface area contributed by atoms with Crippen LogP contribution in [0.25, 0.3) is 0 Å². The lowest BCUT2D eigenvalue weighted by Crippen LogP contribution is -2.54. The third-order valence-electron chi connectivity index (χ3n) is 5.69. The monoisotopic (exact) mass is 370 g/mol. The maximum Gasteiger partial charge on any atom is 0.223 e. The van der Waals surface area contributed by atoms with Gasteiger partial charge in [0.15, 0.2) is 0 Å². The Morgan fingerprint density at radius 2 is 2.11 bits per heavy atom. The number of imidazole rings is 1. The van der Waals surface area contributed by atoms with Crippen molar-refractivity contribution in [2.24, 2.45) is 5.41 Å². The number of rotatable bonds is 4. The van der Waals surface area contributed by atoms with Crippen molar-refractivity contribution >= 4 is 23.5 Å². The molecule has 2 aromatic heterocycles. The van der Waals surface area contributed by atoms with E-state index in [0.29, 0.717) is 12.2 Å². The Morgan fingerprint density at radius 3 is 2.89 bits per heavy atom. The summed E-state index contributed by atoms with van der Waals surface area (Å²) in [6, 6.07) is 1.78. The van der Waals surface area contributed by atoms with Crippen LogP contribution >= 0.6 is 0 Å². The van der Waals surface area contributed by atoms with Gasteiger partial charge in [0.2, 0.25) is 11.9 Å². The van der Waals surface area contributed by atoms with Gasteiger partial charge in [-0.25, -0.2) is 4.98 Å². The second kappa shape index (κ2) is 7.05. The summed E-state index contributed by atoms with van der Waals surface area (Å²) in [7, 11) is 0. The van der Waals surface area contributed by atoms with E-state index >= 15 is 0 Å². The van der Waals surface area contributed by atoms with Crippen molar-refractivity contribution in [2.45, 2.75) is 32.1 Å². The zero-order chi connectivity index (χ0) is 18.9. The first-order valence-corrected chi connectivity index (χ1v) is 9.43. The van der Waals surface area contributed by atoms with Crippen LogP contribution in [0.3, 0.4) is 0 Å². The summed E-state index contributed by atoms with van der Waals surface area (Å²) >= 11 is 0. The van der Waals surface area contributed by atoms with Crippen LogP contribution in [-0.4, -0.2) is 56.9 Å². The molecule has 1 spiro atoms. The van der Waals surface area contributed by atoms with Crippen LogP contribution in [-0.2, 0) is 11.2 Å². The molecule has 0 radical (unpaired) electrons. The van der Waals surface area contributed by atoms with Gasteiger partial charge in [-0.3, -0.25) is 4.79 Å². The van der Waals surface area contributed by atoms with Crippen LogP contribution in [0.2, 0.25) is 0 Å². The molecule has 2 aliphatic rings. The van der Waals surface area contributed by atoms with Gasteiger partial charge in [-0.2, -0.15) is 9.97 Å². The van der Waals surface area contributed by atoms with Gasteiger partial charge in [0.25, 0.3) is 0 Å². The van der Waals surface area contributed by atoms with E-state index in [4.69, 9.17) is 11.5 Å². The second-order valence-corrected chi connectivity index (χ2v) is 7.68. The van der Waals surface area contributed by atoms with Crippen LogP contribution in [0.1, 0.15) is 31.4 Å². The van der Waals surface area contributed by atoms with Gasteiger partial charge in [0, 0.05) is 62.4 Å². The van der Waals surface area contributed by atoms with Gasteiger partial charge < -0.3 is 26.3 Å². The van der Waals surface area contributed by atoms with E-state index in [2.05, 4.69) is 24.8 Å². The maximum absolute atomic E-state index is 12.5. The molecule has 4 rings (SSSR count). The van der Waals surface area contributed by atoms with E-state index in [9.17, 15) is 4.79 Å². The lowest BCUT2D eigenvalue weighted by Gasteiger charge is -2.48. The number of hydrogen-bond acceptors (Lipinski definition) is 7. The fourth-order valence-electron chi connectivity index (χ4n) is 4.35.